The van der Waals surface area contributed by atoms with Crippen LogP contribution < -0.4 is 10.9 Å². The van der Waals surface area contributed by atoms with Crippen molar-refractivity contribution < 1.29 is 4.39 Å². The summed E-state index contributed by atoms with van der Waals surface area (Å²) in [6.07, 6.45) is 4.98. The number of hydrogen-bond acceptors (Lipinski definition) is 2. The molecule has 0 spiro atoms. The lowest BCUT2D eigenvalue weighted by Gasteiger charge is -2.20. The monoisotopic (exact) mass is 330 g/mol. The molecule has 0 aliphatic carbocycles. The van der Waals surface area contributed by atoms with Crippen LogP contribution in [0, 0.1) is 5.82 Å². The van der Waals surface area contributed by atoms with E-state index in [1.807, 2.05) is 0 Å². The van der Waals surface area contributed by atoms with Gasteiger partial charge in [0.2, 0.25) is 0 Å². The van der Waals surface area contributed by atoms with E-state index in [-0.39, 0.29) is 11.9 Å². The molecule has 2 nitrogen and oxygen atoms in total. The maximum Gasteiger partial charge on any atom is 0.140 e. The largest absolute Gasteiger partial charge is 0.323 e. The van der Waals surface area contributed by atoms with E-state index in [4.69, 9.17) is 5.73 Å². The molecule has 0 unspecified atom stereocenters. The summed E-state index contributed by atoms with van der Waals surface area (Å²) in [7, 11) is -1.72. The Morgan fingerprint density at radius 3 is 2.67 bits per heavy atom. The molecule has 1 aromatic heterocycles. The normalized spacial score (nSPS) is 13.4. The van der Waals surface area contributed by atoms with Crippen molar-refractivity contribution in [1.29, 1.82) is 0 Å². The molecule has 0 aromatic carbocycles. The Morgan fingerprint density at radius 2 is 2.17 bits per heavy atom. The predicted octanol–water partition coefficient (Wildman–Crippen LogP) is 3.49. The summed E-state index contributed by atoms with van der Waals surface area (Å²) in [6.45, 7) is 9.94. The van der Waals surface area contributed by atoms with E-state index in [9.17, 15) is 4.39 Å². The minimum atomic E-state index is -1.72. The van der Waals surface area contributed by atoms with Gasteiger partial charge in [-0.25, -0.2) is 4.39 Å². The smallest absolute Gasteiger partial charge is 0.140 e. The second-order valence-corrected chi connectivity index (χ2v) is 11.2. The van der Waals surface area contributed by atoms with Crippen molar-refractivity contribution in [3.05, 3.63) is 34.8 Å². The third-order valence-corrected chi connectivity index (χ3v) is 5.55. The summed E-state index contributed by atoms with van der Waals surface area (Å²) in [5.74, 6) is -0.201. The van der Waals surface area contributed by atoms with Crippen molar-refractivity contribution in [2.45, 2.75) is 38.5 Å². The van der Waals surface area contributed by atoms with Crippen LogP contribution in [0.3, 0.4) is 0 Å². The van der Waals surface area contributed by atoms with Crippen LogP contribution in [0.25, 0.3) is 0 Å². The average molecular weight is 331 g/mol. The first-order valence-electron chi connectivity index (χ1n) is 6.00. The van der Waals surface area contributed by atoms with Crippen LogP contribution in [0.4, 0.5) is 4.39 Å². The van der Waals surface area contributed by atoms with Gasteiger partial charge in [0, 0.05) is 12.2 Å². The van der Waals surface area contributed by atoms with Gasteiger partial charge in [-0.1, -0.05) is 25.7 Å². The van der Waals surface area contributed by atoms with Gasteiger partial charge < -0.3 is 5.73 Å². The van der Waals surface area contributed by atoms with Gasteiger partial charge >= 0.3 is 0 Å². The van der Waals surface area contributed by atoms with E-state index in [0.29, 0.717) is 10.2 Å². The van der Waals surface area contributed by atoms with Crippen molar-refractivity contribution in [2.75, 3.05) is 0 Å². The second-order valence-electron chi connectivity index (χ2n) is 5.41. The molecule has 0 amide bonds. The standard InChI is InChI=1S/C13H20BrFN2Si/c1-5-6-7-9(16)13-11(14)12(15)10(8-17-13)18(2,3)4/h5,8-9H,1,6-7,16H2,2-4H3/t9-/m1/s1. The van der Waals surface area contributed by atoms with Gasteiger partial charge in [0.1, 0.15) is 5.82 Å². The molecule has 18 heavy (non-hydrogen) atoms. The molecule has 1 aromatic rings. The maximum atomic E-state index is 14.3. The Labute approximate surface area is 118 Å². The van der Waals surface area contributed by atoms with E-state index in [1.165, 1.54) is 0 Å². The van der Waals surface area contributed by atoms with Crippen LogP contribution in [0.15, 0.2) is 23.3 Å². The lowest BCUT2D eigenvalue weighted by Crippen LogP contribution is -2.41. The maximum absolute atomic E-state index is 14.3. The molecule has 0 fully saturated rings. The number of nitrogens with two attached hydrogens (primary N) is 1. The molecule has 0 aliphatic heterocycles. The number of allylic oxidation sites excluding steroid dienone is 1. The molecule has 0 aliphatic rings. The Hall–Kier alpha value is -0.523. The third kappa shape index (κ3) is 3.49. The topological polar surface area (TPSA) is 38.9 Å². The third-order valence-electron chi connectivity index (χ3n) is 2.83. The van der Waals surface area contributed by atoms with Crippen LogP contribution in [-0.4, -0.2) is 13.1 Å². The molecule has 2 N–H and O–H groups in total. The molecule has 0 saturated heterocycles. The first-order valence-corrected chi connectivity index (χ1v) is 10.3. The highest BCUT2D eigenvalue weighted by Crippen LogP contribution is 2.25. The predicted molar refractivity (Wildman–Crippen MR) is 81.2 cm³/mol. The molecule has 100 valence electrons. The molecule has 5 heteroatoms. The minimum Gasteiger partial charge on any atom is -0.323 e. The molecular weight excluding hydrogens is 311 g/mol. The van der Waals surface area contributed by atoms with Gasteiger partial charge in [-0.15, -0.1) is 6.58 Å². The average Bonchev–Trinajstić information content (AvgIpc) is 2.27. The van der Waals surface area contributed by atoms with Crippen molar-refractivity contribution in [3.8, 4) is 0 Å². The highest BCUT2D eigenvalue weighted by atomic mass is 79.9. The van der Waals surface area contributed by atoms with Crippen LogP contribution in [0.2, 0.25) is 19.6 Å². The van der Waals surface area contributed by atoms with Gasteiger partial charge in [0.05, 0.1) is 18.2 Å². The Kier molecular flexibility index (Phi) is 5.25. The second kappa shape index (κ2) is 6.08. The lowest BCUT2D eigenvalue weighted by molar-refractivity contribution is 0.596. The van der Waals surface area contributed by atoms with Gasteiger partial charge in [-0.3, -0.25) is 4.98 Å². The fourth-order valence-corrected chi connectivity index (χ4v) is 3.72. The van der Waals surface area contributed by atoms with Crippen LogP contribution in [0.1, 0.15) is 24.6 Å². The molecule has 1 heterocycles. The molecule has 1 rings (SSSR count). The zero-order chi connectivity index (χ0) is 13.9. The summed E-state index contributed by atoms with van der Waals surface area (Å²) in [5.41, 5.74) is 6.61. The number of nitrogens with zero attached hydrogens (tertiary/aromatic N) is 1. The first-order chi connectivity index (χ1) is 8.29. The molecule has 0 saturated carbocycles. The number of aromatic nitrogens is 1. The minimum absolute atomic E-state index is 0.201. The molecule has 0 bridgehead atoms. The number of hydrogen-bond donors (Lipinski definition) is 1. The van der Waals surface area contributed by atoms with Gasteiger partial charge in [0.15, 0.2) is 0 Å². The summed E-state index contributed by atoms with van der Waals surface area (Å²) in [4.78, 5) is 4.35. The highest BCUT2D eigenvalue weighted by Gasteiger charge is 2.25. The summed E-state index contributed by atoms with van der Waals surface area (Å²) in [5, 5.41) is 0.731. The van der Waals surface area contributed by atoms with Crippen LogP contribution in [-0.2, 0) is 0 Å². The van der Waals surface area contributed by atoms with Crippen LogP contribution >= 0.6 is 15.9 Å². The number of halogens is 2. The quantitative estimate of drug-likeness (QED) is 0.663. The first kappa shape index (κ1) is 15.5. The van der Waals surface area contributed by atoms with Gasteiger partial charge in [0.25, 0.3) is 0 Å². The fourth-order valence-electron chi connectivity index (χ4n) is 1.69. The molecule has 1 atom stereocenters. The van der Waals surface area contributed by atoms with Crippen molar-refractivity contribution in [2.24, 2.45) is 5.73 Å². The van der Waals surface area contributed by atoms with Crippen molar-refractivity contribution in [1.82, 2.24) is 4.98 Å². The molecular formula is C13H20BrFN2Si. The zero-order valence-electron chi connectivity index (χ0n) is 11.1. The van der Waals surface area contributed by atoms with E-state index < -0.39 is 8.07 Å². The van der Waals surface area contributed by atoms with Crippen LogP contribution in [0.5, 0.6) is 0 Å². The Balaban J connectivity index is 3.12. The molecule has 0 radical (unpaired) electrons. The van der Waals surface area contributed by atoms with E-state index in [0.717, 1.165) is 18.0 Å². The lowest BCUT2D eigenvalue weighted by atomic mass is 10.1. The number of rotatable bonds is 5. The Bertz CT molecular complexity index is 443. The van der Waals surface area contributed by atoms with Gasteiger partial charge in [-0.2, -0.15) is 0 Å². The summed E-state index contributed by atoms with van der Waals surface area (Å²) in [6, 6.07) is -0.262. The van der Waals surface area contributed by atoms with Gasteiger partial charge in [-0.05, 0) is 34.0 Å². The summed E-state index contributed by atoms with van der Waals surface area (Å²) < 4.78 is 14.7. The highest BCUT2D eigenvalue weighted by molar-refractivity contribution is 9.10. The van der Waals surface area contributed by atoms with Crippen molar-refractivity contribution in [3.63, 3.8) is 0 Å². The fraction of sp³-hybridized carbons (Fsp3) is 0.462. The van der Waals surface area contributed by atoms with E-state index >= 15 is 0 Å². The number of pyridine rings is 1. The zero-order valence-corrected chi connectivity index (χ0v) is 13.7. The summed E-state index contributed by atoms with van der Waals surface area (Å²) >= 11 is 3.29. The van der Waals surface area contributed by atoms with Crippen molar-refractivity contribution >= 4 is 29.2 Å². The Morgan fingerprint density at radius 1 is 1.56 bits per heavy atom. The SMILES string of the molecule is C=CCC[C@@H](N)c1ncc([Si](C)(C)C)c(F)c1Br. The van der Waals surface area contributed by atoms with E-state index in [2.05, 4.69) is 47.1 Å². The van der Waals surface area contributed by atoms with E-state index in [1.54, 1.807) is 12.3 Å².